The number of carbonyl (C=O) groups is 4. The highest BCUT2D eigenvalue weighted by atomic mass is 32.1. The molecule has 1 unspecified atom stereocenters. The van der Waals surface area contributed by atoms with Gasteiger partial charge in [-0.2, -0.15) is 17.5 Å². The maximum atomic E-state index is 14.1. The fourth-order valence-electron chi connectivity index (χ4n) is 4.40. The predicted molar refractivity (Wildman–Crippen MR) is 154 cm³/mol. The fraction of sp³-hybridized carbons (Fsp3) is 0.267. The Morgan fingerprint density at radius 2 is 1.25 bits per heavy atom. The van der Waals surface area contributed by atoms with E-state index in [1.165, 1.54) is 7.05 Å². The van der Waals surface area contributed by atoms with Crippen molar-refractivity contribution >= 4 is 36.5 Å². The molecule has 0 aromatic heterocycles. The Labute approximate surface area is 239 Å². The average molecular weight is 564 g/mol. The van der Waals surface area contributed by atoms with E-state index in [1.807, 2.05) is 0 Å². The quantitative estimate of drug-likeness (QED) is 0.237. The van der Waals surface area contributed by atoms with Crippen LogP contribution in [-0.4, -0.2) is 53.2 Å². The maximum absolute atomic E-state index is 14.1. The van der Waals surface area contributed by atoms with Gasteiger partial charge in [-0.05, 0) is 16.7 Å². The van der Waals surface area contributed by atoms with Crippen LogP contribution in [0.3, 0.4) is 0 Å². The third-order valence-corrected chi connectivity index (χ3v) is 6.93. The lowest BCUT2D eigenvalue weighted by atomic mass is 9.73. The van der Waals surface area contributed by atoms with Crippen LogP contribution in [0.2, 0.25) is 0 Å². The highest BCUT2D eigenvalue weighted by Gasteiger charge is 2.61. The van der Waals surface area contributed by atoms with Gasteiger partial charge in [0.1, 0.15) is 13.2 Å². The van der Waals surface area contributed by atoms with Gasteiger partial charge in [-0.15, -0.1) is 0 Å². The molecule has 3 rings (SSSR count). The van der Waals surface area contributed by atoms with Crippen molar-refractivity contribution in [3.05, 3.63) is 108 Å². The van der Waals surface area contributed by atoms with E-state index < -0.39 is 41.4 Å². The number of amides is 3. The van der Waals surface area contributed by atoms with Crippen LogP contribution < -0.4 is 11.1 Å². The number of nitrogens with zero attached hydrogens (tertiary/aromatic N) is 1. The average Bonchev–Trinajstić information content (AvgIpc) is 3.01. The number of Topliss-reactive ketones (excluding diaryl/α,β-unsaturated/α-hetero) is 1. The molecule has 0 fully saturated rings. The highest BCUT2D eigenvalue weighted by molar-refractivity contribution is 7.80. The van der Waals surface area contributed by atoms with E-state index in [0.29, 0.717) is 21.6 Å². The molecule has 10 heteroatoms. The van der Waals surface area contributed by atoms with Gasteiger partial charge in [0.15, 0.2) is 5.78 Å². The Balaban J connectivity index is 2.17. The zero-order valence-corrected chi connectivity index (χ0v) is 23.3. The normalized spacial score (nSPS) is 13.7. The largest absolute Gasteiger partial charge is 0.444 e. The minimum absolute atomic E-state index is 0.148. The van der Waals surface area contributed by atoms with Crippen molar-refractivity contribution in [3.8, 4) is 0 Å². The topological polar surface area (TPSA) is 128 Å². The summed E-state index contributed by atoms with van der Waals surface area (Å²) in [5.41, 5.74) is 5.44. The van der Waals surface area contributed by atoms with Gasteiger partial charge in [-0.1, -0.05) is 97.9 Å². The summed E-state index contributed by atoms with van der Waals surface area (Å²) < 4.78 is 11.0. The first-order valence-electron chi connectivity index (χ1n) is 12.7. The molecule has 0 spiro atoms. The second-order valence-electron chi connectivity index (χ2n) is 9.05. The molecule has 0 aliphatic rings. The van der Waals surface area contributed by atoms with Gasteiger partial charge in [-0.25, -0.2) is 9.59 Å². The van der Waals surface area contributed by atoms with Crippen LogP contribution >= 0.6 is 12.6 Å². The van der Waals surface area contributed by atoms with Crippen LogP contribution in [0.4, 0.5) is 9.59 Å². The van der Waals surface area contributed by atoms with E-state index in [2.05, 4.69) is 17.9 Å². The molecule has 0 aliphatic carbocycles. The third-order valence-electron chi connectivity index (χ3n) is 6.54. The number of likely N-dealkylation sites (N-methyl/N-ethyl adjacent to an activating group) is 1. The van der Waals surface area contributed by atoms with Crippen LogP contribution in [0, 0.1) is 0 Å². The lowest BCUT2D eigenvalue weighted by molar-refractivity contribution is -0.145. The molecular formula is C30H33N3O6S. The summed E-state index contributed by atoms with van der Waals surface area (Å²) in [6.07, 6.45) is -2.49. The Bertz CT molecular complexity index is 1240. The number of nitrogens with two attached hydrogens (primary N) is 1. The molecular weight excluding hydrogens is 530 g/mol. The first-order valence-corrected chi connectivity index (χ1v) is 13.3. The molecule has 0 aliphatic heterocycles. The summed E-state index contributed by atoms with van der Waals surface area (Å²) in [5.74, 6) is -3.03. The fourth-order valence-corrected chi connectivity index (χ4v) is 4.56. The van der Waals surface area contributed by atoms with Crippen molar-refractivity contribution in [2.75, 3.05) is 12.8 Å². The van der Waals surface area contributed by atoms with Crippen LogP contribution in [0.1, 0.15) is 29.5 Å². The van der Waals surface area contributed by atoms with Gasteiger partial charge >= 0.3 is 12.2 Å². The van der Waals surface area contributed by atoms with E-state index in [1.54, 1.807) is 97.9 Å². The van der Waals surface area contributed by atoms with Crippen LogP contribution in [0.25, 0.3) is 0 Å². The predicted octanol–water partition coefficient (Wildman–Crippen LogP) is 4.08. The summed E-state index contributed by atoms with van der Waals surface area (Å²) in [4.78, 5) is 56.0. The lowest BCUT2D eigenvalue weighted by Crippen LogP contribution is -2.71. The minimum atomic E-state index is -2.47. The zero-order chi connectivity index (χ0) is 29.1. The zero-order valence-electron chi connectivity index (χ0n) is 22.4. The Morgan fingerprint density at radius 3 is 1.65 bits per heavy atom. The molecule has 3 atom stereocenters. The Morgan fingerprint density at radius 1 is 0.825 bits per heavy atom. The van der Waals surface area contributed by atoms with Gasteiger partial charge in [0.2, 0.25) is 5.54 Å². The Hall–Kier alpha value is -4.15. The van der Waals surface area contributed by atoms with Crippen molar-refractivity contribution < 1.29 is 28.7 Å². The lowest BCUT2D eigenvalue weighted by Gasteiger charge is -2.43. The third kappa shape index (κ3) is 6.70. The summed E-state index contributed by atoms with van der Waals surface area (Å²) in [6.45, 7) is 1.12. The summed E-state index contributed by atoms with van der Waals surface area (Å²) in [6, 6.07) is 24.8. The van der Waals surface area contributed by atoms with Crippen LogP contribution in [0.5, 0.6) is 0 Å². The number of benzene rings is 3. The molecule has 0 bridgehead atoms. The molecule has 3 amide bonds. The van der Waals surface area contributed by atoms with E-state index >= 15 is 0 Å². The van der Waals surface area contributed by atoms with Crippen molar-refractivity contribution in [1.82, 2.24) is 10.2 Å². The summed E-state index contributed by atoms with van der Waals surface area (Å²) in [5, 5.41) is 2.46. The van der Waals surface area contributed by atoms with Gasteiger partial charge in [0.05, 0.1) is 6.04 Å². The number of carbonyl (C=O) groups excluding carboxylic acids is 4. The van der Waals surface area contributed by atoms with Crippen molar-refractivity contribution in [3.63, 3.8) is 0 Å². The van der Waals surface area contributed by atoms with Gasteiger partial charge in [0.25, 0.3) is 5.91 Å². The molecule has 0 saturated heterocycles. The van der Waals surface area contributed by atoms with Crippen LogP contribution in [0.15, 0.2) is 91.0 Å². The molecule has 3 aromatic carbocycles. The first kappa shape index (κ1) is 30.4. The number of hydrogen-bond donors (Lipinski definition) is 3. The first-order chi connectivity index (χ1) is 19.3. The van der Waals surface area contributed by atoms with E-state index in [0.717, 1.165) is 0 Å². The summed E-state index contributed by atoms with van der Waals surface area (Å²) >= 11 is 4.16. The number of imide groups is 1. The molecule has 0 radical (unpaired) electrons. The number of nitrogens with one attached hydrogen (secondary N) is 1. The number of ether oxygens (including phenoxy) is 2. The molecule has 0 saturated carbocycles. The highest BCUT2D eigenvalue weighted by Crippen LogP contribution is 2.37. The van der Waals surface area contributed by atoms with Gasteiger partial charge in [-0.3, -0.25) is 9.59 Å². The minimum Gasteiger partial charge on any atom is -0.444 e. The Kier molecular flexibility index (Phi) is 10.9. The van der Waals surface area contributed by atoms with E-state index in [-0.39, 0.29) is 19.0 Å². The molecule has 0 heterocycles. The van der Waals surface area contributed by atoms with Crippen molar-refractivity contribution in [1.29, 1.82) is 0 Å². The van der Waals surface area contributed by atoms with Crippen molar-refractivity contribution in [2.24, 2.45) is 5.73 Å². The molecule has 3 N–H and O–H groups in total. The second-order valence-corrected chi connectivity index (χ2v) is 9.41. The van der Waals surface area contributed by atoms with Crippen molar-refractivity contribution in [2.45, 2.75) is 37.6 Å². The monoisotopic (exact) mass is 563 g/mol. The van der Waals surface area contributed by atoms with E-state index in [4.69, 9.17) is 15.2 Å². The number of hydrogen-bond acceptors (Lipinski definition) is 8. The molecule has 210 valence electrons. The number of rotatable bonds is 11. The van der Waals surface area contributed by atoms with Gasteiger partial charge < -0.3 is 20.5 Å². The maximum Gasteiger partial charge on any atom is 0.421 e. The molecule has 40 heavy (non-hydrogen) atoms. The molecule has 9 nitrogen and oxygen atoms in total. The standard InChI is InChI=1S/C30H33N3O6S/c1-21(24-16-10-5-11-17-24)30(27(35)32-2,26(34)25(31)20-40)33(28(36)38-18-22-12-6-3-7-13-22)29(37)39-19-23-14-8-4-9-15-23/h3-17,21,25,40H,18-20,31H2,1-2H3,(H,32,35)/t21?,25-,30-/m0/s1. The molecule has 3 aromatic rings. The van der Waals surface area contributed by atoms with E-state index in [9.17, 15) is 19.2 Å². The number of ketones is 1. The summed E-state index contributed by atoms with van der Waals surface area (Å²) in [7, 11) is 1.30. The second kappa shape index (κ2) is 14.3. The number of thiol groups is 1. The SMILES string of the molecule is CNC(=O)[C@@](C(=O)[C@@H](N)CS)(C(C)c1ccccc1)N(C(=O)OCc1ccccc1)C(=O)OCc1ccccc1. The van der Waals surface area contributed by atoms with Crippen LogP contribution in [-0.2, 0) is 32.3 Å². The smallest absolute Gasteiger partial charge is 0.421 e. The van der Waals surface area contributed by atoms with Gasteiger partial charge in [0, 0.05) is 18.7 Å².